The van der Waals surface area contributed by atoms with E-state index in [4.69, 9.17) is 5.11 Å². The Morgan fingerprint density at radius 2 is 1.79 bits per heavy atom. The SMILES string of the molecule is Cc1cc(CC(=O)O)c(-c2cc(CC(=O)NCC[N+](C)(C)CC(=O)[O-])c(C)s2)s1. The summed E-state index contributed by atoms with van der Waals surface area (Å²) in [5.74, 6) is -2.11. The smallest absolute Gasteiger partial charge is 0.307 e. The van der Waals surface area contributed by atoms with Gasteiger partial charge in [-0.2, -0.15) is 0 Å². The second-order valence-corrected chi connectivity index (χ2v) is 10.2. The Labute approximate surface area is 178 Å². The van der Waals surface area contributed by atoms with Crippen LogP contribution in [0.3, 0.4) is 0 Å². The van der Waals surface area contributed by atoms with Gasteiger partial charge in [0.15, 0.2) is 0 Å². The van der Waals surface area contributed by atoms with Crippen molar-refractivity contribution >= 4 is 40.5 Å². The Hall–Kier alpha value is -2.23. The zero-order valence-corrected chi connectivity index (χ0v) is 18.7. The number of hydrogen-bond acceptors (Lipinski definition) is 6. The van der Waals surface area contributed by atoms with Crippen LogP contribution in [0.5, 0.6) is 0 Å². The number of aryl methyl sites for hydroxylation is 2. The molecule has 0 unspecified atom stereocenters. The Kier molecular flexibility index (Phi) is 7.56. The number of thiophene rings is 2. The Morgan fingerprint density at radius 3 is 2.41 bits per heavy atom. The van der Waals surface area contributed by atoms with Crippen molar-refractivity contribution in [1.29, 1.82) is 0 Å². The fraction of sp³-hybridized carbons (Fsp3) is 0.450. The van der Waals surface area contributed by atoms with E-state index < -0.39 is 11.9 Å². The van der Waals surface area contributed by atoms with E-state index in [0.717, 1.165) is 30.6 Å². The molecule has 0 atom stereocenters. The predicted octanol–water partition coefficient (Wildman–Crippen LogP) is 1.21. The molecule has 0 aliphatic heterocycles. The summed E-state index contributed by atoms with van der Waals surface area (Å²) in [5, 5.41) is 22.7. The average Bonchev–Trinajstić information content (AvgIpc) is 3.08. The van der Waals surface area contributed by atoms with Gasteiger partial charge in [0.25, 0.3) is 0 Å². The second kappa shape index (κ2) is 9.51. The lowest BCUT2D eigenvalue weighted by molar-refractivity contribution is -0.883. The highest BCUT2D eigenvalue weighted by molar-refractivity contribution is 7.22. The van der Waals surface area contributed by atoms with Crippen molar-refractivity contribution in [2.24, 2.45) is 0 Å². The maximum absolute atomic E-state index is 12.3. The van der Waals surface area contributed by atoms with E-state index in [0.29, 0.717) is 13.1 Å². The van der Waals surface area contributed by atoms with E-state index in [9.17, 15) is 19.5 Å². The van der Waals surface area contributed by atoms with Crippen LogP contribution < -0.4 is 10.4 Å². The molecule has 0 aliphatic rings. The maximum Gasteiger partial charge on any atom is 0.307 e. The molecule has 0 spiro atoms. The molecule has 0 saturated carbocycles. The number of carboxylic acids is 2. The number of amides is 1. The molecule has 7 nitrogen and oxygen atoms in total. The number of hydrogen-bond donors (Lipinski definition) is 2. The third-order valence-electron chi connectivity index (χ3n) is 4.47. The number of nitrogens with zero attached hydrogens (tertiary/aromatic N) is 1. The molecule has 2 aromatic rings. The van der Waals surface area contributed by atoms with Crippen LogP contribution in [-0.4, -0.2) is 61.2 Å². The average molecular weight is 439 g/mol. The molecule has 0 aliphatic carbocycles. The number of likely N-dealkylation sites (N-methyl/N-ethyl adjacent to an activating group) is 1. The first-order chi connectivity index (χ1) is 13.5. The molecule has 2 heterocycles. The molecule has 9 heteroatoms. The van der Waals surface area contributed by atoms with Crippen LogP contribution in [0, 0.1) is 13.8 Å². The number of carboxylic acid groups (broad SMARTS) is 2. The second-order valence-electron chi connectivity index (χ2n) is 7.69. The lowest BCUT2D eigenvalue weighted by Gasteiger charge is -2.30. The first-order valence-corrected chi connectivity index (χ1v) is 10.8. The highest BCUT2D eigenvalue weighted by Crippen LogP contribution is 2.38. The number of carbonyl (C=O) groups is 3. The fourth-order valence-electron chi connectivity index (χ4n) is 3.04. The standard InChI is InChI=1S/C20H26N2O5S2/c1-12-7-15(10-18(24)25)20(28-12)16-8-14(13(2)29-16)9-17(23)21-5-6-22(3,4)11-19(26)27/h7-8H,5-6,9-11H2,1-4H3,(H2-,21,23,24,25,26,27). The molecule has 0 fully saturated rings. The summed E-state index contributed by atoms with van der Waals surface area (Å²) in [6.07, 6.45) is 0.210. The van der Waals surface area contributed by atoms with Crippen LogP contribution in [0.25, 0.3) is 9.75 Å². The number of aliphatic carboxylic acids is 2. The molecule has 158 valence electrons. The summed E-state index contributed by atoms with van der Waals surface area (Å²) in [6, 6.07) is 3.87. The molecule has 0 radical (unpaired) electrons. The van der Waals surface area contributed by atoms with Crippen molar-refractivity contribution in [1.82, 2.24) is 5.32 Å². The first-order valence-electron chi connectivity index (χ1n) is 9.16. The number of nitrogens with one attached hydrogen (secondary N) is 1. The zero-order chi connectivity index (χ0) is 21.8. The van der Waals surface area contributed by atoms with E-state index in [-0.39, 0.29) is 29.8 Å². The van der Waals surface area contributed by atoms with Gasteiger partial charge in [0.2, 0.25) is 5.91 Å². The molecule has 0 bridgehead atoms. The molecular formula is C20H26N2O5S2. The number of quaternary nitrogens is 1. The van der Waals surface area contributed by atoms with E-state index in [1.54, 1.807) is 36.8 Å². The molecule has 2 N–H and O–H groups in total. The summed E-state index contributed by atoms with van der Waals surface area (Å²) < 4.78 is 0.230. The Morgan fingerprint density at radius 1 is 1.10 bits per heavy atom. The van der Waals surface area contributed by atoms with Gasteiger partial charge < -0.3 is 24.8 Å². The van der Waals surface area contributed by atoms with Gasteiger partial charge in [-0.3, -0.25) is 9.59 Å². The number of carbonyl (C=O) groups excluding carboxylic acids is 2. The molecule has 1 amide bonds. The molecule has 0 aromatic carbocycles. The maximum atomic E-state index is 12.3. The van der Waals surface area contributed by atoms with Crippen molar-refractivity contribution in [3.63, 3.8) is 0 Å². The topological polar surface area (TPSA) is 107 Å². The highest BCUT2D eigenvalue weighted by atomic mass is 32.1. The predicted molar refractivity (Wildman–Crippen MR) is 112 cm³/mol. The van der Waals surface area contributed by atoms with Gasteiger partial charge >= 0.3 is 5.97 Å². The molecule has 2 aromatic heterocycles. The summed E-state index contributed by atoms with van der Waals surface area (Å²) in [6.45, 7) is 4.66. The van der Waals surface area contributed by atoms with Crippen molar-refractivity contribution in [3.8, 4) is 9.75 Å². The highest BCUT2D eigenvalue weighted by Gasteiger charge is 2.18. The van der Waals surface area contributed by atoms with Gasteiger partial charge in [-0.05, 0) is 37.1 Å². The monoisotopic (exact) mass is 438 g/mol. The molecule has 0 saturated heterocycles. The largest absolute Gasteiger partial charge is 0.544 e. The normalized spacial score (nSPS) is 11.4. The molecule has 2 rings (SSSR count). The van der Waals surface area contributed by atoms with E-state index in [1.807, 2.05) is 26.0 Å². The van der Waals surface area contributed by atoms with Gasteiger partial charge in [-0.1, -0.05) is 0 Å². The zero-order valence-electron chi connectivity index (χ0n) is 17.0. The van der Waals surface area contributed by atoms with E-state index in [2.05, 4.69) is 5.32 Å². The van der Waals surface area contributed by atoms with Gasteiger partial charge in [-0.15, -0.1) is 22.7 Å². The van der Waals surface area contributed by atoms with E-state index >= 15 is 0 Å². The van der Waals surface area contributed by atoms with Gasteiger partial charge in [-0.25, -0.2) is 0 Å². The minimum atomic E-state index is -1.12. The lowest BCUT2D eigenvalue weighted by atomic mass is 10.1. The van der Waals surface area contributed by atoms with Crippen molar-refractivity contribution in [2.75, 3.05) is 33.7 Å². The van der Waals surface area contributed by atoms with Crippen LogP contribution >= 0.6 is 22.7 Å². The molecular weight excluding hydrogens is 412 g/mol. The first kappa shape index (κ1) is 23.1. The lowest BCUT2D eigenvalue weighted by Crippen LogP contribution is -2.51. The van der Waals surface area contributed by atoms with Crippen LogP contribution in [0.2, 0.25) is 0 Å². The van der Waals surface area contributed by atoms with Crippen molar-refractivity contribution in [2.45, 2.75) is 26.7 Å². The summed E-state index contributed by atoms with van der Waals surface area (Å²) >= 11 is 3.12. The van der Waals surface area contributed by atoms with Gasteiger partial charge in [0, 0.05) is 19.5 Å². The minimum Gasteiger partial charge on any atom is -0.544 e. The van der Waals surface area contributed by atoms with Crippen LogP contribution in [0.1, 0.15) is 20.9 Å². The third-order valence-corrected chi connectivity index (χ3v) is 6.83. The summed E-state index contributed by atoms with van der Waals surface area (Å²) in [7, 11) is 3.55. The van der Waals surface area contributed by atoms with Crippen molar-refractivity contribution < 1.29 is 29.1 Å². The molecule has 29 heavy (non-hydrogen) atoms. The summed E-state index contributed by atoms with van der Waals surface area (Å²) in [4.78, 5) is 38.2. The Balaban J connectivity index is 2.01. The van der Waals surface area contributed by atoms with Crippen LogP contribution in [0.4, 0.5) is 0 Å². The van der Waals surface area contributed by atoms with Gasteiger partial charge in [0.05, 0.1) is 46.0 Å². The number of rotatable bonds is 10. The van der Waals surface area contributed by atoms with E-state index in [1.165, 1.54) is 0 Å². The fourth-order valence-corrected chi connectivity index (χ4v) is 5.25. The van der Waals surface area contributed by atoms with Gasteiger partial charge in [0.1, 0.15) is 6.54 Å². The van der Waals surface area contributed by atoms with Crippen LogP contribution in [0.15, 0.2) is 12.1 Å². The minimum absolute atomic E-state index is 0.0215. The Bertz CT molecular complexity index is 914. The summed E-state index contributed by atoms with van der Waals surface area (Å²) in [5.41, 5.74) is 1.71. The van der Waals surface area contributed by atoms with Crippen molar-refractivity contribution in [3.05, 3.63) is 33.0 Å². The quantitative estimate of drug-likeness (QED) is 0.542. The van der Waals surface area contributed by atoms with Crippen LogP contribution in [-0.2, 0) is 27.2 Å². The third kappa shape index (κ3) is 6.95.